The number of carbonyl (C=O) groups excluding carboxylic acids is 4. The first-order valence-electron chi connectivity index (χ1n) is 7.55. The van der Waals surface area contributed by atoms with Crippen molar-refractivity contribution in [3.63, 3.8) is 0 Å². The topological polar surface area (TPSA) is 159 Å². The number of carbonyl (C=O) groups is 4. The normalized spacial score (nSPS) is 26.3. The molecule has 0 aromatic carbocycles. The van der Waals surface area contributed by atoms with Gasteiger partial charge in [0.2, 0.25) is 0 Å². The van der Waals surface area contributed by atoms with Crippen molar-refractivity contribution in [2.45, 2.75) is 58.4 Å². The van der Waals surface area contributed by atoms with Gasteiger partial charge in [-0.05, 0) is 12.2 Å². The molecule has 1 aliphatic rings. The van der Waals surface area contributed by atoms with Crippen molar-refractivity contribution < 1.29 is 48.0 Å². The summed E-state index contributed by atoms with van der Waals surface area (Å²) in [5.74, 6) is -2.87. The summed E-state index contributed by atoms with van der Waals surface area (Å²) >= 11 is 3.81. The molecule has 12 heteroatoms. The van der Waals surface area contributed by atoms with Crippen LogP contribution in [0.25, 0.3) is 0 Å². The Morgan fingerprint density at radius 2 is 1.33 bits per heavy atom. The zero-order valence-corrected chi connectivity index (χ0v) is 15.9. The lowest BCUT2D eigenvalue weighted by Crippen LogP contribution is -2.62. The van der Waals surface area contributed by atoms with E-state index in [4.69, 9.17) is 29.1 Å². The number of aliphatic hydroxyl groups is 1. The van der Waals surface area contributed by atoms with Crippen LogP contribution >= 0.6 is 12.2 Å². The van der Waals surface area contributed by atoms with E-state index in [0.29, 0.717) is 0 Å². The maximum atomic E-state index is 11.3. The quantitative estimate of drug-likeness (QED) is 0.267. The van der Waals surface area contributed by atoms with Crippen molar-refractivity contribution in [2.24, 2.45) is 0 Å². The third kappa shape index (κ3) is 9.20. The van der Waals surface area contributed by atoms with Crippen molar-refractivity contribution in [3.8, 4) is 0 Å². The third-order valence-corrected chi connectivity index (χ3v) is 2.97. The summed E-state index contributed by atoms with van der Waals surface area (Å²) in [6, 6.07) is 0. The SMILES string of the molecule is CC(=O)OC[C@H]1O[C@@H](O)[C@H](OC(C)=O)[C@@H](OC(C)=O)[C@@H]1OC(C)=O.N=C=S. The molecule has 11 nitrogen and oxygen atoms in total. The minimum Gasteiger partial charge on any atom is -0.463 e. The highest BCUT2D eigenvalue weighted by Gasteiger charge is 2.51. The maximum absolute atomic E-state index is 11.3. The van der Waals surface area contributed by atoms with Gasteiger partial charge in [0.05, 0.1) is 5.16 Å². The van der Waals surface area contributed by atoms with Gasteiger partial charge in [-0.1, -0.05) is 0 Å². The first-order valence-corrected chi connectivity index (χ1v) is 7.96. The van der Waals surface area contributed by atoms with Gasteiger partial charge in [0.1, 0.15) is 12.7 Å². The molecule has 5 atom stereocenters. The Labute approximate surface area is 160 Å². The van der Waals surface area contributed by atoms with Gasteiger partial charge in [-0.15, -0.1) is 0 Å². The van der Waals surface area contributed by atoms with Gasteiger partial charge >= 0.3 is 23.9 Å². The minimum absolute atomic E-state index is 0.366. The van der Waals surface area contributed by atoms with Crippen molar-refractivity contribution in [3.05, 3.63) is 0 Å². The Morgan fingerprint density at radius 3 is 1.74 bits per heavy atom. The molecule has 0 bridgehead atoms. The standard InChI is InChI=1S/C14H20O10.CHNS/c1-6(15)20-5-10-11(21-7(2)16)12(22-8(3)17)13(14(19)24-10)23-9(4)18;2-1-3/h10-14,19H,5H2,1-4H3;2H/t10-,11-,12+,13-,14-;/m1./s1. The Hall–Kier alpha value is -2.40. The summed E-state index contributed by atoms with van der Waals surface area (Å²) in [6.45, 7) is 4.09. The van der Waals surface area contributed by atoms with Crippen molar-refractivity contribution >= 4 is 41.3 Å². The van der Waals surface area contributed by atoms with Gasteiger partial charge in [-0.2, -0.15) is 0 Å². The summed E-state index contributed by atoms with van der Waals surface area (Å²) in [4.78, 5) is 44.9. The molecule has 0 aromatic heterocycles. The number of nitrogens with one attached hydrogen (secondary N) is 1. The average Bonchev–Trinajstić information content (AvgIpc) is 2.51. The van der Waals surface area contributed by atoms with Crippen LogP contribution in [-0.2, 0) is 42.9 Å². The van der Waals surface area contributed by atoms with Crippen LogP contribution in [0.4, 0.5) is 0 Å². The number of aliphatic hydroxyl groups excluding tert-OH is 1. The summed E-state index contributed by atoms with van der Waals surface area (Å²) in [5.41, 5.74) is 0. The summed E-state index contributed by atoms with van der Waals surface area (Å²) in [6.07, 6.45) is -6.79. The van der Waals surface area contributed by atoms with E-state index in [9.17, 15) is 24.3 Å². The first-order chi connectivity index (χ1) is 12.5. The summed E-state index contributed by atoms with van der Waals surface area (Å²) in [5, 5.41) is 17.4. The van der Waals surface area contributed by atoms with Gasteiger partial charge < -0.3 is 28.8 Å². The van der Waals surface area contributed by atoms with E-state index in [0.717, 1.165) is 27.7 Å². The van der Waals surface area contributed by atoms with Crippen LogP contribution in [0.5, 0.6) is 0 Å². The van der Waals surface area contributed by atoms with E-state index in [1.54, 1.807) is 5.16 Å². The lowest BCUT2D eigenvalue weighted by molar-refractivity contribution is -0.296. The second kappa shape index (κ2) is 12.1. The number of esters is 4. The molecule has 0 amide bonds. The molecule has 0 unspecified atom stereocenters. The van der Waals surface area contributed by atoms with E-state index in [-0.39, 0.29) is 6.61 Å². The highest BCUT2D eigenvalue weighted by atomic mass is 32.1. The van der Waals surface area contributed by atoms with Crippen LogP contribution in [0.1, 0.15) is 27.7 Å². The van der Waals surface area contributed by atoms with E-state index in [1.165, 1.54) is 0 Å². The van der Waals surface area contributed by atoms with Crippen LogP contribution in [0.2, 0.25) is 0 Å². The van der Waals surface area contributed by atoms with Gasteiger partial charge in [-0.3, -0.25) is 19.2 Å². The fourth-order valence-corrected chi connectivity index (χ4v) is 2.21. The molecule has 2 N–H and O–H groups in total. The fourth-order valence-electron chi connectivity index (χ4n) is 2.21. The van der Waals surface area contributed by atoms with Crippen LogP contribution < -0.4 is 0 Å². The zero-order chi connectivity index (χ0) is 21.1. The van der Waals surface area contributed by atoms with Gasteiger partial charge in [-0.25, -0.2) is 5.41 Å². The highest BCUT2D eigenvalue weighted by molar-refractivity contribution is 7.78. The van der Waals surface area contributed by atoms with Gasteiger partial charge in [0.15, 0.2) is 24.6 Å². The van der Waals surface area contributed by atoms with E-state index in [1.807, 2.05) is 0 Å². The molecule has 0 radical (unpaired) electrons. The molecule has 1 fully saturated rings. The van der Waals surface area contributed by atoms with E-state index >= 15 is 0 Å². The smallest absolute Gasteiger partial charge is 0.303 e. The molecule has 152 valence electrons. The highest BCUT2D eigenvalue weighted by Crippen LogP contribution is 2.28. The minimum atomic E-state index is -1.68. The maximum Gasteiger partial charge on any atom is 0.303 e. The molecule has 0 aliphatic carbocycles. The lowest BCUT2D eigenvalue weighted by Gasteiger charge is -2.42. The predicted octanol–water partition coefficient (Wildman–Crippen LogP) is -0.270. The predicted molar refractivity (Wildman–Crippen MR) is 89.5 cm³/mol. The Balaban J connectivity index is 0.00000210. The lowest BCUT2D eigenvalue weighted by atomic mass is 9.98. The van der Waals surface area contributed by atoms with Crippen molar-refractivity contribution in [1.29, 1.82) is 5.41 Å². The van der Waals surface area contributed by atoms with Crippen LogP contribution in [0.3, 0.4) is 0 Å². The summed E-state index contributed by atoms with van der Waals surface area (Å²) < 4.78 is 25.0. The summed E-state index contributed by atoms with van der Waals surface area (Å²) in [7, 11) is 0. The Kier molecular flexibility index (Phi) is 11.0. The van der Waals surface area contributed by atoms with Gasteiger partial charge in [0, 0.05) is 27.7 Å². The molecule has 1 heterocycles. The number of hydrogen-bond acceptors (Lipinski definition) is 12. The molecule has 1 saturated heterocycles. The number of hydrogen-bond donors (Lipinski definition) is 2. The molecule has 1 aliphatic heterocycles. The molecule has 1 rings (SSSR count). The van der Waals surface area contributed by atoms with Crippen LogP contribution in [0.15, 0.2) is 0 Å². The molecular weight excluding hydrogens is 386 g/mol. The molecule has 0 aromatic rings. The second-order valence-corrected chi connectivity index (χ2v) is 5.40. The molecule has 27 heavy (non-hydrogen) atoms. The Morgan fingerprint density at radius 1 is 0.926 bits per heavy atom. The molecular formula is C15H21NO10S. The van der Waals surface area contributed by atoms with E-state index < -0.39 is 54.6 Å². The monoisotopic (exact) mass is 407 g/mol. The first kappa shape index (κ1) is 24.6. The van der Waals surface area contributed by atoms with Crippen LogP contribution in [0, 0.1) is 5.41 Å². The van der Waals surface area contributed by atoms with E-state index in [2.05, 4.69) is 12.2 Å². The Bertz CT molecular complexity index is 589. The number of rotatable bonds is 5. The number of ether oxygens (including phenoxy) is 5. The van der Waals surface area contributed by atoms with Crippen molar-refractivity contribution in [2.75, 3.05) is 6.61 Å². The fraction of sp³-hybridized carbons (Fsp3) is 0.667. The number of thiocarbonyl (C=S) groups is 1. The van der Waals surface area contributed by atoms with Crippen LogP contribution in [-0.4, -0.2) is 71.5 Å². The molecule has 0 saturated carbocycles. The second-order valence-electron chi connectivity index (χ2n) is 5.19. The molecule has 0 spiro atoms. The van der Waals surface area contributed by atoms with Gasteiger partial charge in [0.25, 0.3) is 0 Å². The van der Waals surface area contributed by atoms with Crippen molar-refractivity contribution in [1.82, 2.24) is 0 Å². The third-order valence-electron chi connectivity index (χ3n) is 2.97. The zero-order valence-electron chi connectivity index (χ0n) is 15.1. The average molecular weight is 407 g/mol. The number of isothiocyanates is 1. The largest absolute Gasteiger partial charge is 0.463 e.